The van der Waals surface area contributed by atoms with Crippen LogP contribution in [0.25, 0.3) is 6.08 Å². The third kappa shape index (κ3) is 4.12. The standard InChI is InChI=1S/C21H20FNO5S/c22-16-3-5-17(6-4-16)29(25,26)18-9-11-23(12-10-18)21(24)8-2-15-1-7-19-20(13-15)28-14-27-19/h1-8,13,18H,9-12,14H2. The molecule has 8 heteroatoms. The van der Waals surface area contributed by atoms with E-state index < -0.39 is 20.9 Å². The zero-order chi connectivity index (χ0) is 20.4. The molecule has 2 aromatic rings. The van der Waals surface area contributed by atoms with Gasteiger partial charge in [0.25, 0.3) is 0 Å². The van der Waals surface area contributed by atoms with Crippen LogP contribution in [0.3, 0.4) is 0 Å². The van der Waals surface area contributed by atoms with E-state index in [1.165, 1.54) is 18.2 Å². The van der Waals surface area contributed by atoms with Crippen LogP contribution >= 0.6 is 0 Å². The molecule has 0 unspecified atom stereocenters. The number of sulfone groups is 1. The van der Waals surface area contributed by atoms with Gasteiger partial charge < -0.3 is 14.4 Å². The zero-order valence-corrected chi connectivity index (χ0v) is 16.4. The lowest BCUT2D eigenvalue weighted by Gasteiger charge is -2.31. The number of benzene rings is 2. The van der Waals surface area contributed by atoms with Crippen molar-refractivity contribution in [2.45, 2.75) is 23.0 Å². The number of ether oxygens (including phenoxy) is 2. The van der Waals surface area contributed by atoms with Crippen LogP contribution in [0.1, 0.15) is 18.4 Å². The molecule has 152 valence electrons. The van der Waals surface area contributed by atoms with E-state index in [-0.39, 0.29) is 17.6 Å². The van der Waals surface area contributed by atoms with E-state index >= 15 is 0 Å². The van der Waals surface area contributed by atoms with Crippen LogP contribution in [0.2, 0.25) is 0 Å². The number of rotatable bonds is 4. The van der Waals surface area contributed by atoms with Gasteiger partial charge in [0, 0.05) is 19.2 Å². The molecule has 2 aromatic carbocycles. The second-order valence-electron chi connectivity index (χ2n) is 6.97. The highest BCUT2D eigenvalue weighted by molar-refractivity contribution is 7.92. The lowest BCUT2D eigenvalue weighted by Crippen LogP contribution is -2.41. The van der Waals surface area contributed by atoms with Crippen LogP contribution in [0.15, 0.2) is 53.4 Å². The van der Waals surface area contributed by atoms with Gasteiger partial charge in [-0.3, -0.25) is 4.79 Å². The Balaban J connectivity index is 1.36. The first-order chi connectivity index (χ1) is 13.9. The number of hydrogen-bond acceptors (Lipinski definition) is 5. The second kappa shape index (κ2) is 7.87. The van der Waals surface area contributed by atoms with Crippen molar-refractivity contribution >= 4 is 21.8 Å². The topological polar surface area (TPSA) is 72.9 Å². The summed E-state index contributed by atoms with van der Waals surface area (Å²) in [4.78, 5) is 14.2. The third-order valence-electron chi connectivity index (χ3n) is 5.15. The highest BCUT2D eigenvalue weighted by Gasteiger charge is 2.32. The smallest absolute Gasteiger partial charge is 0.246 e. The van der Waals surface area contributed by atoms with E-state index in [0.717, 1.165) is 17.7 Å². The number of fused-ring (bicyclic) bond motifs is 1. The Morgan fingerprint density at radius 1 is 1.03 bits per heavy atom. The number of halogens is 1. The summed E-state index contributed by atoms with van der Waals surface area (Å²) >= 11 is 0. The van der Waals surface area contributed by atoms with Gasteiger partial charge in [0.05, 0.1) is 10.1 Å². The Morgan fingerprint density at radius 2 is 1.72 bits per heavy atom. The Kier molecular flexibility index (Phi) is 5.27. The number of amides is 1. The number of hydrogen-bond donors (Lipinski definition) is 0. The van der Waals surface area contributed by atoms with Gasteiger partial charge in [0.2, 0.25) is 12.7 Å². The number of carbonyl (C=O) groups is 1. The summed E-state index contributed by atoms with van der Waals surface area (Å²) in [6, 6.07) is 10.3. The molecule has 0 N–H and O–H groups in total. The molecule has 0 aromatic heterocycles. The van der Waals surface area contributed by atoms with E-state index in [2.05, 4.69) is 0 Å². The molecule has 0 spiro atoms. The average molecular weight is 417 g/mol. The molecule has 2 heterocycles. The molecule has 6 nitrogen and oxygen atoms in total. The van der Waals surface area contributed by atoms with Gasteiger partial charge in [-0.05, 0) is 60.9 Å². The van der Waals surface area contributed by atoms with Gasteiger partial charge in [-0.15, -0.1) is 0 Å². The van der Waals surface area contributed by atoms with E-state index in [4.69, 9.17) is 9.47 Å². The molecule has 1 saturated heterocycles. The lowest BCUT2D eigenvalue weighted by atomic mass is 10.1. The van der Waals surface area contributed by atoms with E-state index in [0.29, 0.717) is 37.4 Å². The van der Waals surface area contributed by atoms with Gasteiger partial charge in [-0.25, -0.2) is 12.8 Å². The summed E-state index contributed by atoms with van der Waals surface area (Å²) in [5, 5.41) is -0.574. The van der Waals surface area contributed by atoms with Crippen molar-refractivity contribution in [2.75, 3.05) is 19.9 Å². The van der Waals surface area contributed by atoms with Crippen molar-refractivity contribution in [3.8, 4) is 11.5 Å². The normalized spacial score (nSPS) is 17.1. The predicted molar refractivity (Wildman–Crippen MR) is 105 cm³/mol. The van der Waals surface area contributed by atoms with Crippen LogP contribution in [0.5, 0.6) is 11.5 Å². The largest absolute Gasteiger partial charge is 0.454 e. The number of nitrogens with zero attached hydrogens (tertiary/aromatic N) is 1. The Bertz CT molecular complexity index is 1040. The number of likely N-dealkylation sites (tertiary alicyclic amines) is 1. The minimum Gasteiger partial charge on any atom is -0.454 e. The van der Waals surface area contributed by atoms with Crippen LogP contribution in [0, 0.1) is 5.82 Å². The molecule has 0 aliphatic carbocycles. The SMILES string of the molecule is O=C(C=Cc1ccc2c(c1)OCO2)N1CCC(S(=O)(=O)c2ccc(F)cc2)CC1. The van der Waals surface area contributed by atoms with Crippen molar-refractivity contribution in [1.29, 1.82) is 0 Å². The minimum absolute atomic E-state index is 0.117. The minimum atomic E-state index is -3.54. The fourth-order valence-corrected chi connectivity index (χ4v) is 5.22. The molecular formula is C21H20FNO5S. The molecular weight excluding hydrogens is 397 g/mol. The molecule has 29 heavy (non-hydrogen) atoms. The predicted octanol–water partition coefficient (Wildman–Crippen LogP) is 3.03. The van der Waals surface area contributed by atoms with Crippen molar-refractivity contribution in [3.63, 3.8) is 0 Å². The second-order valence-corrected chi connectivity index (χ2v) is 9.20. The Hall–Kier alpha value is -2.87. The van der Waals surface area contributed by atoms with Crippen LogP contribution in [0.4, 0.5) is 4.39 Å². The fourth-order valence-electron chi connectivity index (χ4n) is 3.49. The summed E-state index contributed by atoms with van der Waals surface area (Å²) in [6.45, 7) is 0.905. The molecule has 0 bridgehead atoms. The van der Waals surface area contributed by atoms with Crippen LogP contribution in [-0.4, -0.2) is 44.4 Å². The van der Waals surface area contributed by atoms with Gasteiger partial charge in [0.15, 0.2) is 21.3 Å². The molecule has 1 fully saturated rings. The fraction of sp³-hybridized carbons (Fsp3) is 0.286. The lowest BCUT2D eigenvalue weighted by molar-refractivity contribution is -0.126. The van der Waals surface area contributed by atoms with E-state index in [1.54, 1.807) is 23.1 Å². The summed E-state index contributed by atoms with van der Waals surface area (Å²) in [7, 11) is -3.54. The van der Waals surface area contributed by atoms with Crippen molar-refractivity contribution in [3.05, 3.63) is 59.9 Å². The maximum Gasteiger partial charge on any atom is 0.246 e. The zero-order valence-electron chi connectivity index (χ0n) is 15.6. The van der Waals surface area contributed by atoms with E-state index in [9.17, 15) is 17.6 Å². The quantitative estimate of drug-likeness (QED) is 0.565. The van der Waals surface area contributed by atoms with Crippen LogP contribution in [-0.2, 0) is 14.6 Å². The summed E-state index contributed by atoms with van der Waals surface area (Å²) < 4.78 is 49.1. The maximum absolute atomic E-state index is 13.1. The monoisotopic (exact) mass is 417 g/mol. The first kappa shape index (κ1) is 19.4. The van der Waals surface area contributed by atoms with E-state index in [1.807, 2.05) is 6.07 Å². The van der Waals surface area contributed by atoms with Gasteiger partial charge in [0.1, 0.15) is 5.82 Å². The molecule has 0 atom stereocenters. The van der Waals surface area contributed by atoms with Crippen molar-refractivity contribution in [2.24, 2.45) is 0 Å². The molecule has 0 radical (unpaired) electrons. The molecule has 0 saturated carbocycles. The van der Waals surface area contributed by atoms with Crippen LogP contribution < -0.4 is 9.47 Å². The molecule has 4 rings (SSSR count). The van der Waals surface area contributed by atoms with Crippen molar-refractivity contribution in [1.82, 2.24) is 4.90 Å². The highest BCUT2D eigenvalue weighted by Crippen LogP contribution is 2.33. The maximum atomic E-state index is 13.1. The highest BCUT2D eigenvalue weighted by atomic mass is 32.2. The Morgan fingerprint density at radius 3 is 2.45 bits per heavy atom. The average Bonchev–Trinajstić information content (AvgIpc) is 3.20. The van der Waals surface area contributed by atoms with Gasteiger partial charge >= 0.3 is 0 Å². The van der Waals surface area contributed by atoms with Crippen molar-refractivity contribution < 1.29 is 27.1 Å². The molecule has 1 amide bonds. The molecule has 2 aliphatic rings. The first-order valence-electron chi connectivity index (χ1n) is 9.29. The summed E-state index contributed by atoms with van der Waals surface area (Å²) in [6.07, 6.45) is 3.88. The number of carbonyl (C=O) groups excluding carboxylic acids is 1. The van der Waals surface area contributed by atoms with Gasteiger partial charge in [-0.2, -0.15) is 0 Å². The summed E-state index contributed by atoms with van der Waals surface area (Å²) in [5.74, 6) is 0.684. The number of piperidine rings is 1. The first-order valence-corrected chi connectivity index (χ1v) is 10.8. The summed E-state index contributed by atoms with van der Waals surface area (Å²) in [5.41, 5.74) is 0.816. The third-order valence-corrected chi connectivity index (χ3v) is 7.43. The Labute approximate surface area is 168 Å². The molecule has 2 aliphatic heterocycles. The van der Waals surface area contributed by atoms with Gasteiger partial charge in [-0.1, -0.05) is 6.07 Å².